The van der Waals surface area contributed by atoms with E-state index < -0.39 is 52.9 Å². The summed E-state index contributed by atoms with van der Waals surface area (Å²) in [4.78, 5) is 30.7. The van der Waals surface area contributed by atoms with Crippen molar-refractivity contribution in [3.05, 3.63) is 29.6 Å². The van der Waals surface area contributed by atoms with E-state index in [1.54, 1.807) is 25.7 Å². The number of amides is 1. The van der Waals surface area contributed by atoms with Gasteiger partial charge in [0.05, 0.1) is 30.9 Å². The number of pyridine rings is 1. The molecular formula is C19H23F3N2O4. The van der Waals surface area contributed by atoms with E-state index in [1.807, 2.05) is 0 Å². The molecule has 2 atom stereocenters. The van der Waals surface area contributed by atoms with Crippen molar-refractivity contribution < 1.29 is 32.2 Å². The summed E-state index contributed by atoms with van der Waals surface area (Å²) < 4.78 is 50.7. The molecule has 1 aromatic rings. The molecule has 3 rings (SSSR count). The average molecular weight is 400 g/mol. The van der Waals surface area contributed by atoms with Crippen LogP contribution in [0.25, 0.3) is 0 Å². The number of carbonyl (C=O) groups is 2. The maximum absolute atomic E-state index is 13.3. The molecule has 0 N–H and O–H groups in total. The predicted octanol–water partition coefficient (Wildman–Crippen LogP) is 3.70. The van der Waals surface area contributed by atoms with Crippen LogP contribution in [0.3, 0.4) is 0 Å². The van der Waals surface area contributed by atoms with Gasteiger partial charge in [0.15, 0.2) is 5.78 Å². The molecule has 2 aliphatic heterocycles. The molecule has 2 saturated heterocycles. The standard InChI is InChI=1S/C19H23F3N2O4/c1-18(2,3)28-17(26)24-12-7-11(8-13(24)10-27-9-12)16(25)15-14(19(20,21)22)5-4-6-23-15/h4-6,11-13H,7-10H2,1-3H3. The van der Waals surface area contributed by atoms with Crippen LogP contribution in [0.1, 0.15) is 49.7 Å². The van der Waals surface area contributed by atoms with Crippen molar-refractivity contribution in [1.82, 2.24) is 9.88 Å². The summed E-state index contributed by atoms with van der Waals surface area (Å²) in [6, 6.07) is 1.18. The van der Waals surface area contributed by atoms with Crippen LogP contribution in [0.2, 0.25) is 0 Å². The van der Waals surface area contributed by atoms with Crippen LogP contribution in [0.5, 0.6) is 0 Å². The quantitative estimate of drug-likeness (QED) is 0.708. The molecule has 1 amide bonds. The Morgan fingerprint density at radius 3 is 2.32 bits per heavy atom. The molecule has 2 bridgehead atoms. The number of hydrogen-bond acceptors (Lipinski definition) is 5. The van der Waals surface area contributed by atoms with Gasteiger partial charge in [0, 0.05) is 12.1 Å². The lowest BCUT2D eigenvalue weighted by molar-refractivity contribution is -0.138. The molecule has 2 fully saturated rings. The smallest absolute Gasteiger partial charge is 0.418 e. The molecule has 0 radical (unpaired) electrons. The first-order valence-electron chi connectivity index (χ1n) is 9.13. The zero-order chi connectivity index (χ0) is 20.7. The summed E-state index contributed by atoms with van der Waals surface area (Å²) in [6.07, 6.45) is -3.55. The number of rotatable bonds is 2. The van der Waals surface area contributed by atoms with E-state index >= 15 is 0 Å². The van der Waals surface area contributed by atoms with Crippen LogP contribution < -0.4 is 0 Å². The molecule has 0 aliphatic carbocycles. The molecule has 0 spiro atoms. The van der Waals surface area contributed by atoms with Crippen LogP contribution >= 0.6 is 0 Å². The van der Waals surface area contributed by atoms with E-state index in [9.17, 15) is 22.8 Å². The minimum Gasteiger partial charge on any atom is -0.444 e. The first-order valence-corrected chi connectivity index (χ1v) is 9.13. The Balaban J connectivity index is 1.81. The minimum atomic E-state index is -4.66. The van der Waals surface area contributed by atoms with Crippen molar-refractivity contribution in [3.8, 4) is 0 Å². The molecular weight excluding hydrogens is 377 g/mol. The Kier molecular flexibility index (Phi) is 5.40. The van der Waals surface area contributed by atoms with Crippen LogP contribution in [0, 0.1) is 5.92 Å². The second-order valence-electron chi connectivity index (χ2n) is 8.16. The highest BCUT2D eigenvalue weighted by Gasteiger charge is 2.46. The number of halogens is 3. The fourth-order valence-corrected chi connectivity index (χ4v) is 3.77. The van der Waals surface area contributed by atoms with Gasteiger partial charge in [-0.05, 0) is 45.7 Å². The van der Waals surface area contributed by atoms with Crippen molar-refractivity contribution in [1.29, 1.82) is 0 Å². The number of hydrogen-bond donors (Lipinski definition) is 0. The van der Waals surface area contributed by atoms with E-state index in [0.29, 0.717) is 0 Å². The van der Waals surface area contributed by atoms with Gasteiger partial charge in [-0.3, -0.25) is 14.7 Å². The predicted molar refractivity (Wildman–Crippen MR) is 92.8 cm³/mol. The van der Waals surface area contributed by atoms with E-state index in [4.69, 9.17) is 9.47 Å². The van der Waals surface area contributed by atoms with Crippen LogP contribution in [-0.4, -0.2) is 52.7 Å². The lowest BCUT2D eigenvalue weighted by Crippen LogP contribution is -2.60. The van der Waals surface area contributed by atoms with Gasteiger partial charge in [-0.1, -0.05) is 0 Å². The van der Waals surface area contributed by atoms with Crippen LogP contribution in [0.4, 0.5) is 18.0 Å². The van der Waals surface area contributed by atoms with Crippen molar-refractivity contribution in [2.75, 3.05) is 13.2 Å². The van der Waals surface area contributed by atoms with Crippen molar-refractivity contribution in [2.45, 2.75) is 57.5 Å². The highest BCUT2D eigenvalue weighted by Crippen LogP contribution is 2.37. The normalized spacial score (nSPS) is 25.4. The van der Waals surface area contributed by atoms with Gasteiger partial charge >= 0.3 is 12.3 Å². The molecule has 6 nitrogen and oxygen atoms in total. The third-order valence-corrected chi connectivity index (χ3v) is 4.84. The second-order valence-corrected chi connectivity index (χ2v) is 8.16. The largest absolute Gasteiger partial charge is 0.444 e. The second kappa shape index (κ2) is 7.35. The Labute approximate surface area is 161 Å². The van der Waals surface area contributed by atoms with E-state index in [-0.39, 0.29) is 26.1 Å². The third kappa shape index (κ3) is 4.29. The number of Topliss-reactive ketones (excluding diaryl/α,β-unsaturated/α-hetero) is 1. The fourth-order valence-electron chi connectivity index (χ4n) is 3.77. The summed E-state index contributed by atoms with van der Waals surface area (Å²) in [5, 5.41) is 0. The average Bonchev–Trinajstić information content (AvgIpc) is 2.57. The lowest BCUT2D eigenvalue weighted by atomic mass is 9.81. The highest BCUT2D eigenvalue weighted by molar-refractivity contribution is 5.97. The Hall–Kier alpha value is -2.16. The zero-order valence-electron chi connectivity index (χ0n) is 16.0. The Bertz CT molecular complexity index is 746. The number of ether oxygens (including phenoxy) is 2. The number of ketones is 1. The maximum Gasteiger partial charge on any atom is 0.418 e. The molecule has 3 heterocycles. The Morgan fingerprint density at radius 2 is 1.79 bits per heavy atom. The summed E-state index contributed by atoms with van der Waals surface area (Å²) in [5.41, 5.74) is -2.27. The molecule has 0 saturated carbocycles. The first kappa shape index (κ1) is 20.6. The summed E-state index contributed by atoms with van der Waals surface area (Å²) in [7, 11) is 0. The van der Waals surface area contributed by atoms with Gasteiger partial charge < -0.3 is 9.47 Å². The molecule has 0 aromatic carbocycles. The maximum atomic E-state index is 13.3. The number of piperidine rings is 1. The molecule has 28 heavy (non-hydrogen) atoms. The monoisotopic (exact) mass is 400 g/mol. The number of carbonyl (C=O) groups excluding carboxylic acids is 2. The van der Waals surface area contributed by atoms with Gasteiger partial charge in [0.2, 0.25) is 0 Å². The molecule has 9 heteroatoms. The van der Waals surface area contributed by atoms with Crippen LogP contribution in [0.15, 0.2) is 18.3 Å². The SMILES string of the molecule is CC(C)(C)OC(=O)N1C2COCC1CC(C(=O)c1ncccc1C(F)(F)F)C2. The van der Waals surface area contributed by atoms with E-state index in [2.05, 4.69) is 4.98 Å². The van der Waals surface area contributed by atoms with Crippen molar-refractivity contribution in [3.63, 3.8) is 0 Å². The molecule has 2 aliphatic rings. The highest BCUT2D eigenvalue weighted by atomic mass is 19.4. The van der Waals surface area contributed by atoms with Gasteiger partial charge in [-0.15, -0.1) is 0 Å². The summed E-state index contributed by atoms with van der Waals surface area (Å²) in [6.45, 7) is 5.70. The van der Waals surface area contributed by atoms with Gasteiger partial charge in [0.25, 0.3) is 0 Å². The number of morpholine rings is 1. The molecule has 154 valence electrons. The summed E-state index contributed by atoms with van der Waals surface area (Å²) >= 11 is 0. The number of alkyl halides is 3. The minimum absolute atomic E-state index is 0.211. The lowest BCUT2D eigenvalue weighted by Gasteiger charge is -2.47. The number of fused-ring (bicyclic) bond motifs is 2. The molecule has 1 aromatic heterocycles. The van der Waals surface area contributed by atoms with Gasteiger partial charge in [-0.25, -0.2) is 4.79 Å². The topological polar surface area (TPSA) is 68.7 Å². The Morgan fingerprint density at radius 1 is 1.18 bits per heavy atom. The van der Waals surface area contributed by atoms with Gasteiger partial charge in [-0.2, -0.15) is 13.2 Å². The van der Waals surface area contributed by atoms with E-state index in [1.165, 1.54) is 6.20 Å². The molecule has 2 unspecified atom stereocenters. The van der Waals surface area contributed by atoms with Crippen molar-refractivity contribution >= 4 is 11.9 Å². The number of nitrogens with zero attached hydrogens (tertiary/aromatic N) is 2. The van der Waals surface area contributed by atoms with Crippen LogP contribution in [-0.2, 0) is 15.7 Å². The first-order chi connectivity index (χ1) is 13.0. The third-order valence-electron chi connectivity index (χ3n) is 4.84. The zero-order valence-corrected chi connectivity index (χ0v) is 16.0. The summed E-state index contributed by atoms with van der Waals surface area (Å²) in [5.74, 6) is -1.30. The van der Waals surface area contributed by atoms with Gasteiger partial charge in [0.1, 0.15) is 11.3 Å². The number of aromatic nitrogens is 1. The van der Waals surface area contributed by atoms with E-state index in [0.717, 1.165) is 12.1 Å². The van der Waals surface area contributed by atoms with Crippen molar-refractivity contribution in [2.24, 2.45) is 5.92 Å². The fraction of sp³-hybridized carbons (Fsp3) is 0.632.